The van der Waals surface area contributed by atoms with Crippen molar-refractivity contribution in [1.29, 1.82) is 5.26 Å². The Morgan fingerprint density at radius 2 is 1.89 bits per heavy atom. The van der Waals surface area contributed by atoms with Crippen LogP contribution < -0.4 is 4.90 Å². The lowest BCUT2D eigenvalue weighted by molar-refractivity contribution is 0.627. The molecule has 0 saturated heterocycles. The van der Waals surface area contributed by atoms with E-state index >= 15 is 0 Å². The minimum absolute atomic E-state index is 0.238. The van der Waals surface area contributed by atoms with E-state index in [9.17, 15) is 4.39 Å². The molecule has 0 aliphatic rings. The van der Waals surface area contributed by atoms with Crippen LogP contribution in [0.25, 0.3) is 0 Å². The molecule has 0 fully saturated rings. The second-order valence-electron chi connectivity index (χ2n) is 4.14. The summed E-state index contributed by atoms with van der Waals surface area (Å²) in [7, 11) is 1.86. The minimum Gasteiger partial charge on any atom is -0.357 e. The Hall–Kier alpha value is -2.48. The predicted octanol–water partition coefficient (Wildman–Crippen LogP) is 2.17. The van der Waals surface area contributed by atoms with E-state index < -0.39 is 0 Å². The van der Waals surface area contributed by atoms with Gasteiger partial charge in [0.15, 0.2) is 11.5 Å². The highest BCUT2D eigenvalue weighted by molar-refractivity contribution is 5.48. The van der Waals surface area contributed by atoms with Crippen LogP contribution >= 0.6 is 0 Å². The van der Waals surface area contributed by atoms with Crippen molar-refractivity contribution in [3.63, 3.8) is 0 Å². The molecule has 0 spiro atoms. The summed E-state index contributed by atoms with van der Waals surface area (Å²) >= 11 is 0. The van der Waals surface area contributed by atoms with Gasteiger partial charge in [0.2, 0.25) is 0 Å². The molecule has 2 aromatic rings. The maximum Gasteiger partial charge on any atom is 0.183 e. The van der Waals surface area contributed by atoms with Gasteiger partial charge in [0, 0.05) is 26.0 Å². The average Bonchev–Trinajstić information content (AvgIpc) is 2.46. The molecule has 0 aliphatic heterocycles. The van der Waals surface area contributed by atoms with Crippen LogP contribution in [-0.4, -0.2) is 23.6 Å². The van der Waals surface area contributed by atoms with E-state index in [1.165, 1.54) is 18.3 Å². The third-order valence-corrected chi connectivity index (χ3v) is 2.80. The van der Waals surface area contributed by atoms with Gasteiger partial charge >= 0.3 is 0 Å². The first-order chi connectivity index (χ1) is 9.20. The van der Waals surface area contributed by atoms with Crippen molar-refractivity contribution in [2.75, 3.05) is 18.5 Å². The Balaban J connectivity index is 2.03. The van der Waals surface area contributed by atoms with Crippen LogP contribution in [0.3, 0.4) is 0 Å². The van der Waals surface area contributed by atoms with Crippen molar-refractivity contribution in [1.82, 2.24) is 9.97 Å². The van der Waals surface area contributed by atoms with E-state index in [-0.39, 0.29) is 5.82 Å². The van der Waals surface area contributed by atoms with Crippen molar-refractivity contribution in [2.45, 2.75) is 6.42 Å². The summed E-state index contributed by atoms with van der Waals surface area (Å²) in [5.74, 6) is 0.324. The zero-order valence-electron chi connectivity index (χ0n) is 10.5. The average molecular weight is 256 g/mol. The van der Waals surface area contributed by atoms with E-state index in [4.69, 9.17) is 5.26 Å². The zero-order chi connectivity index (χ0) is 13.7. The van der Waals surface area contributed by atoms with Gasteiger partial charge in [0.25, 0.3) is 0 Å². The Kier molecular flexibility index (Phi) is 4.04. The first-order valence-corrected chi connectivity index (χ1v) is 5.87. The number of hydrogen-bond acceptors (Lipinski definition) is 4. The first kappa shape index (κ1) is 13.0. The van der Waals surface area contributed by atoms with Gasteiger partial charge < -0.3 is 4.90 Å². The van der Waals surface area contributed by atoms with Crippen molar-refractivity contribution in [2.24, 2.45) is 0 Å². The summed E-state index contributed by atoms with van der Waals surface area (Å²) in [6.45, 7) is 0.680. The molecule has 0 aliphatic carbocycles. The number of benzene rings is 1. The number of likely N-dealkylation sites (N-methyl/N-ethyl adjacent to an activating group) is 1. The van der Waals surface area contributed by atoms with Crippen LogP contribution in [0.5, 0.6) is 0 Å². The predicted molar refractivity (Wildman–Crippen MR) is 70.1 cm³/mol. The second-order valence-corrected chi connectivity index (χ2v) is 4.14. The molecule has 0 amide bonds. The summed E-state index contributed by atoms with van der Waals surface area (Å²) < 4.78 is 12.8. The van der Waals surface area contributed by atoms with Gasteiger partial charge in [-0.25, -0.2) is 14.4 Å². The van der Waals surface area contributed by atoms with E-state index in [2.05, 4.69) is 9.97 Å². The summed E-state index contributed by atoms with van der Waals surface area (Å²) in [5, 5.41) is 8.96. The molecule has 0 N–H and O–H groups in total. The molecule has 1 heterocycles. The maximum atomic E-state index is 12.8. The van der Waals surface area contributed by atoms with Crippen molar-refractivity contribution >= 4 is 5.82 Å². The van der Waals surface area contributed by atoms with Crippen molar-refractivity contribution in [3.8, 4) is 6.07 Å². The molecular weight excluding hydrogens is 243 g/mol. The largest absolute Gasteiger partial charge is 0.357 e. The molecule has 4 nitrogen and oxygen atoms in total. The monoisotopic (exact) mass is 256 g/mol. The first-order valence-electron chi connectivity index (χ1n) is 5.87. The molecule has 0 atom stereocenters. The molecule has 19 heavy (non-hydrogen) atoms. The summed E-state index contributed by atoms with van der Waals surface area (Å²) in [5.41, 5.74) is 1.35. The van der Waals surface area contributed by atoms with Gasteiger partial charge in [-0.15, -0.1) is 0 Å². The Bertz CT molecular complexity index is 589. The lowest BCUT2D eigenvalue weighted by atomic mass is 10.1. The van der Waals surface area contributed by atoms with E-state index in [0.717, 1.165) is 12.0 Å². The molecule has 5 heteroatoms. The number of anilines is 1. The standard InChI is InChI=1S/C14H13FN4/c1-19(14-13(10-16)17-7-8-18-14)9-6-11-2-4-12(15)5-3-11/h2-5,7-8H,6,9H2,1H3. The van der Waals surface area contributed by atoms with Gasteiger partial charge in [0.05, 0.1) is 0 Å². The molecule has 96 valence electrons. The third kappa shape index (κ3) is 3.26. The number of nitrogens with zero attached hydrogens (tertiary/aromatic N) is 4. The molecule has 1 aromatic heterocycles. The van der Waals surface area contributed by atoms with Crippen LogP contribution in [0.1, 0.15) is 11.3 Å². The van der Waals surface area contributed by atoms with Crippen LogP contribution in [0.15, 0.2) is 36.7 Å². The second kappa shape index (κ2) is 5.91. The normalized spacial score (nSPS) is 9.95. The number of nitriles is 1. The summed E-state index contributed by atoms with van der Waals surface area (Å²) in [6.07, 6.45) is 3.80. The van der Waals surface area contributed by atoms with Crippen LogP contribution in [-0.2, 0) is 6.42 Å². The van der Waals surface area contributed by atoms with Gasteiger partial charge in [-0.2, -0.15) is 5.26 Å². The number of aromatic nitrogens is 2. The topological polar surface area (TPSA) is 52.8 Å². The zero-order valence-corrected chi connectivity index (χ0v) is 10.5. The van der Waals surface area contributed by atoms with Crippen molar-refractivity contribution in [3.05, 3.63) is 53.7 Å². The Morgan fingerprint density at radius 1 is 1.21 bits per heavy atom. The molecule has 0 unspecified atom stereocenters. The number of hydrogen-bond donors (Lipinski definition) is 0. The van der Waals surface area contributed by atoms with Gasteiger partial charge in [-0.3, -0.25) is 0 Å². The molecular formula is C14H13FN4. The fraction of sp³-hybridized carbons (Fsp3) is 0.214. The smallest absolute Gasteiger partial charge is 0.183 e. The minimum atomic E-state index is -0.238. The molecule has 1 aromatic carbocycles. The lowest BCUT2D eigenvalue weighted by Crippen LogP contribution is -2.22. The van der Waals surface area contributed by atoms with E-state index in [1.807, 2.05) is 18.0 Å². The SMILES string of the molecule is CN(CCc1ccc(F)cc1)c1nccnc1C#N. The maximum absolute atomic E-state index is 12.8. The Labute approximate surface area is 111 Å². The van der Waals surface area contributed by atoms with E-state index in [1.54, 1.807) is 18.3 Å². The van der Waals surface area contributed by atoms with Crippen LogP contribution in [0.2, 0.25) is 0 Å². The summed E-state index contributed by atoms with van der Waals surface area (Å²) in [6, 6.07) is 8.41. The molecule has 0 radical (unpaired) electrons. The van der Waals surface area contributed by atoms with Gasteiger partial charge in [0.1, 0.15) is 11.9 Å². The van der Waals surface area contributed by atoms with Gasteiger partial charge in [-0.05, 0) is 24.1 Å². The van der Waals surface area contributed by atoms with E-state index in [0.29, 0.717) is 18.1 Å². The number of halogens is 1. The quantitative estimate of drug-likeness (QED) is 0.841. The summed E-state index contributed by atoms with van der Waals surface area (Å²) in [4.78, 5) is 10.00. The highest BCUT2D eigenvalue weighted by atomic mass is 19.1. The number of rotatable bonds is 4. The molecule has 0 saturated carbocycles. The fourth-order valence-corrected chi connectivity index (χ4v) is 1.74. The van der Waals surface area contributed by atoms with Gasteiger partial charge in [-0.1, -0.05) is 12.1 Å². The van der Waals surface area contributed by atoms with Crippen LogP contribution in [0, 0.1) is 17.1 Å². The lowest BCUT2D eigenvalue weighted by Gasteiger charge is -2.18. The molecule has 0 bridgehead atoms. The van der Waals surface area contributed by atoms with Crippen molar-refractivity contribution < 1.29 is 4.39 Å². The third-order valence-electron chi connectivity index (χ3n) is 2.80. The Morgan fingerprint density at radius 3 is 2.58 bits per heavy atom. The highest BCUT2D eigenvalue weighted by Gasteiger charge is 2.09. The fourth-order valence-electron chi connectivity index (χ4n) is 1.74. The highest BCUT2D eigenvalue weighted by Crippen LogP contribution is 2.13. The van der Waals surface area contributed by atoms with Crippen LogP contribution in [0.4, 0.5) is 10.2 Å². The molecule has 2 rings (SSSR count).